The molecule has 1 amide bonds. The molecule has 6 nitrogen and oxygen atoms in total. The molecule has 1 heterocycles. The first-order chi connectivity index (χ1) is 12.2. The quantitative estimate of drug-likeness (QED) is 0.546. The summed E-state index contributed by atoms with van der Waals surface area (Å²) in [5.74, 6) is -0.643. The molecule has 138 valence electrons. The van der Waals surface area contributed by atoms with E-state index in [1.807, 2.05) is 30.3 Å². The van der Waals surface area contributed by atoms with Gasteiger partial charge in [-0.3, -0.25) is 4.79 Å². The Morgan fingerprint density at radius 2 is 2.12 bits per heavy atom. The van der Waals surface area contributed by atoms with Crippen molar-refractivity contribution in [2.75, 3.05) is 26.4 Å². The number of hydrogen-bond donors (Lipinski definition) is 1. The van der Waals surface area contributed by atoms with Gasteiger partial charge in [0, 0.05) is 18.9 Å². The van der Waals surface area contributed by atoms with E-state index in [4.69, 9.17) is 14.2 Å². The smallest absolute Gasteiger partial charge is 0.329 e. The molecule has 1 aliphatic heterocycles. The molecule has 0 saturated carbocycles. The highest BCUT2D eigenvalue weighted by Gasteiger charge is 2.32. The van der Waals surface area contributed by atoms with Gasteiger partial charge >= 0.3 is 5.97 Å². The molecule has 25 heavy (non-hydrogen) atoms. The van der Waals surface area contributed by atoms with E-state index in [1.165, 1.54) is 0 Å². The molecule has 0 unspecified atom stereocenters. The van der Waals surface area contributed by atoms with E-state index >= 15 is 0 Å². The number of amides is 1. The fourth-order valence-electron chi connectivity index (χ4n) is 2.80. The maximum atomic E-state index is 12.2. The normalized spacial score (nSPS) is 18.4. The lowest BCUT2D eigenvalue weighted by atomic mass is 9.93. The third-order valence-electron chi connectivity index (χ3n) is 4.11. The monoisotopic (exact) mass is 349 g/mol. The van der Waals surface area contributed by atoms with Gasteiger partial charge in [0.25, 0.3) is 0 Å². The molecule has 1 aromatic rings. The molecule has 0 aromatic heterocycles. The topological polar surface area (TPSA) is 73.9 Å². The summed E-state index contributed by atoms with van der Waals surface area (Å²) in [5.41, 5.74) is 1.06. The number of benzene rings is 1. The van der Waals surface area contributed by atoms with Crippen molar-refractivity contribution < 1.29 is 23.8 Å². The van der Waals surface area contributed by atoms with Crippen molar-refractivity contribution in [3.05, 3.63) is 35.9 Å². The highest BCUT2D eigenvalue weighted by atomic mass is 16.5. The van der Waals surface area contributed by atoms with E-state index in [0.717, 1.165) is 18.4 Å². The third kappa shape index (κ3) is 6.84. The van der Waals surface area contributed by atoms with E-state index in [0.29, 0.717) is 33.0 Å². The van der Waals surface area contributed by atoms with Crippen molar-refractivity contribution in [3.8, 4) is 0 Å². The summed E-state index contributed by atoms with van der Waals surface area (Å²) in [6.45, 7) is 3.98. The van der Waals surface area contributed by atoms with Crippen molar-refractivity contribution in [3.63, 3.8) is 0 Å². The van der Waals surface area contributed by atoms with Crippen LogP contribution in [0.4, 0.5) is 0 Å². The number of carbonyl (C=O) groups excluding carboxylic acids is 2. The zero-order chi connectivity index (χ0) is 17.9. The van der Waals surface area contributed by atoms with Crippen LogP contribution in [0.15, 0.2) is 30.3 Å². The Hall–Kier alpha value is -1.92. The van der Waals surface area contributed by atoms with Crippen molar-refractivity contribution in [2.45, 2.75) is 38.8 Å². The lowest BCUT2D eigenvalue weighted by molar-refractivity contribution is -0.150. The molecule has 6 heteroatoms. The van der Waals surface area contributed by atoms with Gasteiger partial charge in [-0.15, -0.1) is 0 Å². The predicted octanol–water partition coefficient (Wildman–Crippen LogP) is 2.07. The molecule has 0 aliphatic carbocycles. The zero-order valence-electron chi connectivity index (χ0n) is 14.7. The Labute approximate surface area is 148 Å². The van der Waals surface area contributed by atoms with Crippen LogP contribution in [0.2, 0.25) is 0 Å². The zero-order valence-corrected chi connectivity index (χ0v) is 14.7. The molecule has 0 bridgehead atoms. The average Bonchev–Trinajstić information content (AvgIpc) is 2.65. The minimum Gasteiger partial charge on any atom is -0.464 e. The summed E-state index contributed by atoms with van der Waals surface area (Å²) in [4.78, 5) is 24.3. The van der Waals surface area contributed by atoms with Gasteiger partial charge in [0.15, 0.2) is 0 Å². The van der Waals surface area contributed by atoms with Gasteiger partial charge in [-0.05, 0) is 25.3 Å². The van der Waals surface area contributed by atoms with Gasteiger partial charge in [0.2, 0.25) is 5.91 Å². The molecule has 0 radical (unpaired) electrons. The number of ether oxygens (including phenoxy) is 3. The Morgan fingerprint density at radius 1 is 1.32 bits per heavy atom. The van der Waals surface area contributed by atoms with Gasteiger partial charge in [0.05, 0.1) is 26.4 Å². The van der Waals surface area contributed by atoms with Crippen LogP contribution in [0.5, 0.6) is 0 Å². The summed E-state index contributed by atoms with van der Waals surface area (Å²) in [5, 5.41) is 2.80. The lowest BCUT2D eigenvalue weighted by Crippen LogP contribution is -2.49. The number of carbonyl (C=O) groups is 2. The number of nitrogens with one attached hydrogen (secondary N) is 1. The van der Waals surface area contributed by atoms with E-state index in [2.05, 4.69) is 5.32 Å². The third-order valence-corrected chi connectivity index (χ3v) is 4.11. The number of rotatable bonds is 9. The van der Waals surface area contributed by atoms with Crippen LogP contribution in [-0.4, -0.2) is 44.3 Å². The fraction of sp³-hybridized carbons (Fsp3) is 0.579. The first-order valence-corrected chi connectivity index (χ1v) is 8.86. The molecule has 2 atom stereocenters. The molecular weight excluding hydrogens is 322 g/mol. The molecule has 1 aliphatic rings. The van der Waals surface area contributed by atoms with E-state index in [-0.39, 0.29) is 18.2 Å². The number of hydrogen-bond acceptors (Lipinski definition) is 5. The van der Waals surface area contributed by atoms with Crippen LogP contribution in [0.3, 0.4) is 0 Å². The van der Waals surface area contributed by atoms with Crippen molar-refractivity contribution in [1.29, 1.82) is 0 Å². The standard InChI is InChI=1S/C19H27NO5/c1-2-25-19(22)18(16-9-6-11-23-14-16)20-17(21)10-12-24-13-15-7-4-3-5-8-15/h3-5,7-8,16,18H,2,6,9-14H2,1H3,(H,20,21)/t16-,18+/m1/s1. The van der Waals surface area contributed by atoms with Crippen molar-refractivity contribution >= 4 is 11.9 Å². The minimum atomic E-state index is -0.651. The SMILES string of the molecule is CCOC(=O)[C@@H](NC(=O)CCOCc1ccccc1)[C@@H]1CCCOC1. The van der Waals surface area contributed by atoms with Crippen LogP contribution < -0.4 is 5.32 Å². The number of esters is 1. The van der Waals surface area contributed by atoms with E-state index < -0.39 is 12.0 Å². The molecule has 1 aromatic carbocycles. The van der Waals surface area contributed by atoms with Crippen LogP contribution >= 0.6 is 0 Å². The summed E-state index contributed by atoms with van der Waals surface area (Å²) in [7, 11) is 0. The fourth-order valence-corrected chi connectivity index (χ4v) is 2.80. The summed E-state index contributed by atoms with van der Waals surface area (Å²) in [6, 6.07) is 9.13. The van der Waals surface area contributed by atoms with Gasteiger partial charge < -0.3 is 19.5 Å². The lowest BCUT2D eigenvalue weighted by Gasteiger charge is -2.29. The summed E-state index contributed by atoms with van der Waals surface area (Å²) < 4.78 is 16.1. The van der Waals surface area contributed by atoms with Gasteiger partial charge in [-0.1, -0.05) is 30.3 Å². The molecular formula is C19H27NO5. The van der Waals surface area contributed by atoms with Crippen LogP contribution in [-0.2, 0) is 30.4 Å². The second kappa shape index (κ2) is 10.8. The first kappa shape index (κ1) is 19.4. The second-order valence-corrected chi connectivity index (χ2v) is 6.06. The summed E-state index contributed by atoms with van der Waals surface area (Å²) in [6.07, 6.45) is 1.93. The summed E-state index contributed by atoms with van der Waals surface area (Å²) >= 11 is 0. The Morgan fingerprint density at radius 3 is 2.80 bits per heavy atom. The van der Waals surface area contributed by atoms with Crippen LogP contribution in [0, 0.1) is 5.92 Å². The van der Waals surface area contributed by atoms with Crippen molar-refractivity contribution in [2.24, 2.45) is 5.92 Å². The Kier molecular flexibility index (Phi) is 8.42. The molecule has 1 fully saturated rings. The molecule has 1 saturated heterocycles. The van der Waals surface area contributed by atoms with E-state index in [1.54, 1.807) is 6.92 Å². The highest BCUT2D eigenvalue weighted by molar-refractivity contribution is 5.84. The molecule has 0 spiro atoms. The van der Waals surface area contributed by atoms with Gasteiger partial charge in [-0.2, -0.15) is 0 Å². The maximum Gasteiger partial charge on any atom is 0.329 e. The van der Waals surface area contributed by atoms with Gasteiger partial charge in [0.1, 0.15) is 6.04 Å². The Bertz CT molecular complexity index is 528. The average molecular weight is 349 g/mol. The second-order valence-electron chi connectivity index (χ2n) is 6.06. The van der Waals surface area contributed by atoms with Crippen LogP contribution in [0.25, 0.3) is 0 Å². The van der Waals surface area contributed by atoms with Gasteiger partial charge in [-0.25, -0.2) is 4.79 Å². The largest absolute Gasteiger partial charge is 0.464 e. The van der Waals surface area contributed by atoms with E-state index in [9.17, 15) is 9.59 Å². The van der Waals surface area contributed by atoms with Crippen molar-refractivity contribution in [1.82, 2.24) is 5.32 Å². The first-order valence-electron chi connectivity index (χ1n) is 8.86. The predicted molar refractivity (Wildman–Crippen MR) is 92.8 cm³/mol. The Balaban J connectivity index is 1.76. The molecule has 1 N–H and O–H groups in total. The van der Waals surface area contributed by atoms with Crippen LogP contribution in [0.1, 0.15) is 31.7 Å². The molecule has 2 rings (SSSR count). The highest BCUT2D eigenvalue weighted by Crippen LogP contribution is 2.18. The minimum absolute atomic E-state index is 0.0398. The maximum absolute atomic E-state index is 12.2.